The van der Waals surface area contributed by atoms with Gasteiger partial charge in [-0.05, 0) is 74.0 Å². The Labute approximate surface area is 217 Å². The second-order valence-electron chi connectivity index (χ2n) is 11.0. The second-order valence-corrected chi connectivity index (χ2v) is 11.0. The van der Waals surface area contributed by atoms with E-state index in [-0.39, 0.29) is 19.1 Å². The van der Waals surface area contributed by atoms with Gasteiger partial charge in [0.2, 0.25) is 0 Å². The molecule has 0 aromatic rings. The first-order valence-electron chi connectivity index (χ1n) is 14.3. The van der Waals surface area contributed by atoms with Crippen LogP contribution in [0.25, 0.3) is 0 Å². The number of rotatable bonds is 6. The SMILES string of the molecule is C1CCCCC1.CC1CCC(C(C)C)C(C(CO)CO)C1.CO.CO.OCC1CCC(CO)CC1. The average Bonchev–Trinajstić information content (AvgIpc) is 2.93. The van der Waals surface area contributed by atoms with Crippen molar-refractivity contribution >= 4 is 0 Å². The van der Waals surface area contributed by atoms with E-state index in [9.17, 15) is 10.2 Å². The minimum atomic E-state index is 0.0974. The van der Waals surface area contributed by atoms with Crippen LogP contribution in [0.4, 0.5) is 0 Å². The van der Waals surface area contributed by atoms with E-state index in [0.29, 0.717) is 42.8 Å². The summed E-state index contributed by atoms with van der Waals surface area (Å²) in [7, 11) is 2.00. The van der Waals surface area contributed by atoms with E-state index in [1.165, 1.54) is 57.8 Å². The quantitative estimate of drug-likeness (QED) is 0.312. The summed E-state index contributed by atoms with van der Waals surface area (Å²) in [4.78, 5) is 0. The monoisotopic (exact) mass is 506 g/mol. The van der Waals surface area contributed by atoms with E-state index >= 15 is 0 Å². The van der Waals surface area contributed by atoms with Gasteiger partial charge in [0.1, 0.15) is 0 Å². The Morgan fingerprint density at radius 3 is 1.23 bits per heavy atom. The van der Waals surface area contributed by atoms with Crippen molar-refractivity contribution in [2.24, 2.45) is 41.4 Å². The van der Waals surface area contributed by atoms with Gasteiger partial charge in [-0.25, -0.2) is 0 Å². The summed E-state index contributed by atoms with van der Waals surface area (Å²) in [5, 5.41) is 50.2. The van der Waals surface area contributed by atoms with Crippen LogP contribution in [0.15, 0.2) is 0 Å². The fourth-order valence-corrected chi connectivity index (χ4v) is 5.80. The predicted octanol–water partition coefficient (Wildman–Crippen LogP) is 4.63. The van der Waals surface area contributed by atoms with Crippen LogP contribution in [-0.4, -0.2) is 71.3 Å². The molecule has 3 aliphatic carbocycles. The highest BCUT2D eigenvalue weighted by Crippen LogP contribution is 2.41. The van der Waals surface area contributed by atoms with E-state index in [1.807, 2.05) is 0 Å². The molecule has 0 heterocycles. The van der Waals surface area contributed by atoms with Gasteiger partial charge in [0.05, 0.1) is 0 Å². The molecule has 6 nitrogen and oxygen atoms in total. The third kappa shape index (κ3) is 17.0. The number of hydrogen-bond acceptors (Lipinski definition) is 6. The van der Waals surface area contributed by atoms with Crippen LogP contribution in [0.5, 0.6) is 0 Å². The average molecular weight is 507 g/mol. The van der Waals surface area contributed by atoms with Gasteiger partial charge in [-0.15, -0.1) is 0 Å². The topological polar surface area (TPSA) is 121 Å². The van der Waals surface area contributed by atoms with E-state index < -0.39 is 0 Å². The van der Waals surface area contributed by atoms with Gasteiger partial charge < -0.3 is 30.6 Å². The Balaban J connectivity index is 0. The standard InChI is InChI=1S/C13H26O2.C8H16O2.C6H12.2CH4O/c1-9(2)12-5-4-10(3)6-13(12)11(7-14)8-15;9-5-7-1-2-8(6-10)4-3-7;1-2-4-6-5-3-1;2*1-2/h9-15H,4-8H2,1-3H3;7-10H,1-6H2;1-6H2;2*2H,1H3. The highest BCUT2D eigenvalue weighted by Gasteiger charge is 2.35. The van der Waals surface area contributed by atoms with Gasteiger partial charge in [0.25, 0.3) is 0 Å². The maximum Gasteiger partial charge on any atom is 0.0483 e. The molecule has 3 rings (SSSR count). The van der Waals surface area contributed by atoms with Crippen LogP contribution < -0.4 is 0 Å². The Morgan fingerprint density at radius 1 is 0.571 bits per heavy atom. The molecule has 214 valence electrons. The van der Waals surface area contributed by atoms with Gasteiger partial charge in [-0.3, -0.25) is 0 Å². The minimum absolute atomic E-state index is 0.0974. The van der Waals surface area contributed by atoms with Gasteiger partial charge in [0.15, 0.2) is 0 Å². The molecule has 0 aromatic heterocycles. The molecule has 0 radical (unpaired) electrons. The van der Waals surface area contributed by atoms with Crippen molar-refractivity contribution in [2.45, 2.75) is 104 Å². The zero-order valence-corrected chi connectivity index (χ0v) is 23.7. The minimum Gasteiger partial charge on any atom is -0.400 e. The van der Waals surface area contributed by atoms with Gasteiger partial charge in [-0.1, -0.05) is 65.7 Å². The molecule has 6 heteroatoms. The van der Waals surface area contributed by atoms with Gasteiger partial charge in [-0.2, -0.15) is 0 Å². The zero-order chi connectivity index (χ0) is 27.1. The molecule has 35 heavy (non-hydrogen) atoms. The van der Waals surface area contributed by atoms with Gasteiger partial charge >= 0.3 is 0 Å². The Kier molecular flexibility index (Phi) is 26.8. The normalized spacial score (nSPS) is 28.2. The smallest absolute Gasteiger partial charge is 0.0483 e. The Morgan fingerprint density at radius 2 is 0.943 bits per heavy atom. The van der Waals surface area contributed by atoms with Crippen molar-refractivity contribution in [3.8, 4) is 0 Å². The molecule has 0 amide bonds. The maximum absolute atomic E-state index is 9.30. The van der Waals surface area contributed by atoms with Gasteiger partial charge in [0, 0.05) is 46.6 Å². The lowest BCUT2D eigenvalue weighted by atomic mass is 9.66. The lowest BCUT2D eigenvalue weighted by molar-refractivity contribution is 0.0273. The van der Waals surface area contributed by atoms with E-state index in [1.54, 1.807) is 0 Å². The van der Waals surface area contributed by atoms with Crippen molar-refractivity contribution < 1.29 is 30.6 Å². The third-order valence-corrected chi connectivity index (χ3v) is 8.13. The molecular formula is C29H62O6. The summed E-state index contributed by atoms with van der Waals surface area (Å²) in [6.07, 6.45) is 17.1. The first-order valence-corrected chi connectivity index (χ1v) is 14.3. The molecule has 0 aliphatic heterocycles. The van der Waals surface area contributed by atoms with Crippen LogP contribution in [0.1, 0.15) is 104 Å². The van der Waals surface area contributed by atoms with Crippen molar-refractivity contribution in [1.82, 2.24) is 0 Å². The molecule has 0 spiro atoms. The molecule has 0 bridgehead atoms. The third-order valence-electron chi connectivity index (χ3n) is 8.13. The Bertz CT molecular complexity index is 380. The fourth-order valence-electron chi connectivity index (χ4n) is 5.80. The molecule has 0 saturated heterocycles. The molecule has 6 N–H and O–H groups in total. The van der Waals surface area contributed by atoms with E-state index in [0.717, 1.165) is 45.8 Å². The van der Waals surface area contributed by atoms with Crippen LogP contribution in [0.3, 0.4) is 0 Å². The lowest BCUT2D eigenvalue weighted by Gasteiger charge is -2.40. The van der Waals surface area contributed by atoms with Crippen LogP contribution >= 0.6 is 0 Å². The Hall–Kier alpha value is -0.240. The summed E-state index contributed by atoms with van der Waals surface area (Å²) >= 11 is 0. The van der Waals surface area contributed by atoms with Crippen LogP contribution in [-0.2, 0) is 0 Å². The maximum atomic E-state index is 9.30. The molecule has 0 aromatic carbocycles. The summed E-state index contributed by atoms with van der Waals surface area (Å²) in [5.74, 6) is 3.76. The van der Waals surface area contributed by atoms with E-state index in [4.69, 9.17) is 20.4 Å². The molecule has 3 saturated carbocycles. The summed E-state index contributed by atoms with van der Waals surface area (Å²) in [6.45, 7) is 7.75. The summed E-state index contributed by atoms with van der Waals surface area (Å²) in [6, 6.07) is 0. The van der Waals surface area contributed by atoms with Crippen molar-refractivity contribution in [3.63, 3.8) is 0 Å². The molecular weight excluding hydrogens is 444 g/mol. The van der Waals surface area contributed by atoms with Crippen molar-refractivity contribution in [2.75, 3.05) is 40.6 Å². The predicted molar refractivity (Wildman–Crippen MR) is 146 cm³/mol. The molecule has 3 aliphatic rings. The largest absolute Gasteiger partial charge is 0.400 e. The zero-order valence-electron chi connectivity index (χ0n) is 23.7. The number of hydrogen-bond donors (Lipinski definition) is 6. The molecule has 3 fully saturated rings. The van der Waals surface area contributed by atoms with Crippen molar-refractivity contribution in [3.05, 3.63) is 0 Å². The first-order chi connectivity index (χ1) is 17.0. The lowest BCUT2D eigenvalue weighted by Crippen LogP contribution is -2.36. The highest BCUT2D eigenvalue weighted by atomic mass is 16.3. The number of aliphatic hydroxyl groups excluding tert-OH is 6. The fraction of sp³-hybridized carbons (Fsp3) is 1.00. The van der Waals surface area contributed by atoms with Crippen molar-refractivity contribution in [1.29, 1.82) is 0 Å². The highest BCUT2D eigenvalue weighted by molar-refractivity contribution is 4.84. The second kappa shape index (κ2) is 25.4. The molecule has 3 atom stereocenters. The van der Waals surface area contributed by atoms with Crippen LogP contribution in [0.2, 0.25) is 0 Å². The molecule has 3 unspecified atom stereocenters. The number of aliphatic hydroxyl groups is 6. The summed E-state index contributed by atoms with van der Waals surface area (Å²) < 4.78 is 0. The van der Waals surface area contributed by atoms with E-state index in [2.05, 4.69) is 20.8 Å². The first kappa shape index (κ1) is 36.9. The van der Waals surface area contributed by atoms with Crippen LogP contribution in [0, 0.1) is 41.4 Å². The summed E-state index contributed by atoms with van der Waals surface area (Å²) in [5.41, 5.74) is 0.